The van der Waals surface area contributed by atoms with Gasteiger partial charge in [-0.1, -0.05) is 27.7 Å². The molecule has 1 amide bonds. The molecule has 0 aliphatic rings. The fourth-order valence-electron chi connectivity index (χ4n) is 1.45. The van der Waals surface area contributed by atoms with Crippen LogP contribution in [0.5, 0.6) is 0 Å². The Morgan fingerprint density at radius 2 is 2.14 bits per heavy atom. The number of rotatable bonds is 7. The number of carbonyl (C=O) groups excluding carboxylic acids is 1. The number of aromatic nitrogens is 2. The molecule has 112 valence electrons. The predicted molar refractivity (Wildman–Crippen MR) is 83.0 cm³/mol. The highest BCUT2D eigenvalue weighted by Gasteiger charge is 2.10. The van der Waals surface area contributed by atoms with Crippen molar-refractivity contribution in [2.75, 3.05) is 26.0 Å². The van der Waals surface area contributed by atoms with E-state index in [-0.39, 0.29) is 11.7 Å². The van der Waals surface area contributed by atoms with Crippen molar-refractivity contribution < 1.29 is 13.9 Å². The topological polar surface area (TPSA) is 77.2 Å². The van der Waals surface area contributed by atoms with Crippen LogP contribution in [0.2, 0.25) is 0 Å². The Balaban J connectivity index is 1.86. The smallest absolute Gasteiger partial charge is 0.277 e. The first-order valence-corrected chi connectivity index (χ1v) is 7.95. The Kier molecular flexibility index (Phi) is 6.21. The SMILES string of the molecule is COCCNC(=O)CSc1nnc(-c2ccc(Br)cc2)o1. The quantitative estimate of drug-likeness (QED) is 0.594. The normalized spacial score (nSPS) is 10.6. The fraction of sp³-hybridized carbons (Fsp3) is 0.308. The molecule has 1 aromatic carbocycles. The van der Waals surface area contributed by atoms with Gasteiger partial charge in [-0.25, -0.2) is 0 Å². The maximum absolute atomic E-state index is 11.5. The van der Waals surface area contributed by atoms with E-state index in [1.165, 1.54) is 11.8 Å². The molecule has 0 aliphatic heterocycles. The molecule has 1 heterocycles. The lowest BCUT2D eigenvalue weighted by molar-refractivity contribution is -0.118. The number of thioether (sulfide) groups is 1. The summed E-state index contributed by atoms with van der Waals surface area (Å²) in [5.74, 6) is 0.566. The van der Waals surface area contributed by atoms with Crippen molar-refractivity contribution in [2.45, 2.75) is 5.22 Å². The van der Waals surface area contributed by atoms with Gasteiger partial charge >= 0.3 is 0 Å². The number of ether oxygens (including phenoxy) is 1. The molecule has 0 atom stereocenters. The maximum Gasteiger partial charge on any atom is 0.277 e. The average Bonchev–Trinajstić information content (AvgIpc) is 2.95. The van der Waals surface area contributed by atoms with Gasteiger partial charge in [-0.2, -0.15) is 0 Å². The van der Waals surface area contributed by atoms with Crippen molar-refractivity contribution in [2.24, 2.45) is 0 Å². The van der Waals surface area contributed by atoms with Crippen LogP contribution < -0.4 is 5.32 Å². The Labute approximate surface area is 134 Å². The molecule has 21 heavy (non-hydrogen) atoms. The minimum atomic E-state index is -0.0968. The highest BCUT2D eigenvalue weighted by molar-refractivity contribution is 9.10. The van der Waals surface area contributed by atoms with Crippen molar-refractivity contribution in [3.05, 3.63) is 28.7 Å². The number of hydrogen-bond acceptors (Lipinski definition) is 6. The second-order valence-corrected chi connectivity index (χ2v) is 5.85. The zero-order valence-corrected chi connectivity index (χ0v) is 13.7. The van der Waals surface area contributed by atoms with Crippen LogP contribution >= 0.6 is 27.7 Å². The second kappa shape index (κ2) is 8.16. The number of methoxy groups -OCH3 is 1. The third-order valence-electron chi connectivity index (χ3n) is 2.45. The molecule has 0 fully saturated rings. The molecule has 0 saturated heterocycles. The van der Waals surface area contributed by atoms with E-state index in [2.05, 4.69) is 31.4 Å². The largest absolute Gasteiger partial charge is 0.411 e. The van der Waals surface area contributed by atoms with Gasteiger partial charge in [0.2, 0.25) is 11.8 Å². The summed E-state index contributed by atoms with van der Waals surface area (Å²) < 4.78 is 11.3. The number of halogens is 1. The summed E-state index contributed by atoms with van der Waals surface area (Å²) in [4.78, 5) is 11.5. The van der Waals surface area contributed by atoms with Gasteiger partial charge in [-0.05, 0) is 24.3 Å². The number of nitrogens with one attached hydrogen (secondary N) is 1. The van der Waals surface area contributed by atoms with E-state index >= 15 is 0 Å². The molecule has 0 spiro atoms. The van der Waals surface area contributed by atoms with Crippen molar-refractivity contribution >= 4 is 33.6 Å². The first-order valence-electron chi connectivity index (χ1n) is 6.17. The summed E-state index contributed by atoms with van der Waals surface area (Å²) in [5, 5.41) is 11.0. The number of hydrogen-bond donors (Lipinski definition) is 1. The summed E-state index contributed by atoms with van der Waals surface area (Å²) in [6.07, 6.45) is 0. The highest BCUT2D eigenvalue weighted by Crippen LogP contribution is 2.24. The van der Waals surface area contributed by atoms with Crippen LogP contribution in [0.15, 0.2) is 38.4 Å². The van der Waals surface area contributed by atoms with Gasteiger partial charge in [0, 0.05) is 23.7 Å². The van der Waals surface area contributed by atoms with Gasteiger partial charge in [0.1, 0.15) is 0 Å². The summed E-state index contributed by atoms with van der Waals surface area (Å²) in [6.45, 7) is 0.981. The second-order valence-electron chi connectivity index (χ2n) is 4.01. The lowest BCUT2D eigenvalue weighted by Gasteiger charge is -2.02. The molecular weight excluding hydrogens is 358 g/mol. The molecule has 0 bridgehead atoms. The summed E-state index contributed by atoms with van der Waals surface area (Å²) in [7, 11) is 1.59. The minimum Gasteiger partial charge on any atom is -0.411 e. The summed E-state index contributed by atoms with van der Waals surface area (Å²) >= 11 is 4.57. The van der Waals surface area contributed by atoms with Crippen molar-refractivity contribution in [3.8, 4) is 11.5 Å². The molecule has 0 saturated carbocycles. The van der Waals surface area contributed by atoms with Crippen LogP contribution in [-0.4, -0.2) is 42.1 Å². The Hall–Kier alpha value is -1.38. The van der Waals surface area contributed by atoms with Gasteiger partial charge in [-0.3, -0.25) is 4.79 Å². The van der Waals surface area contributed by atoms with E-state index in [0.29, 0.717) is 24.3 Å². The minimum absolute atomic E-state index is 0.0968. The molecular formula is C13H14BrN3O3S. The van der Waals surface area contributed by atoms with Crippen LogP contribution in [-0.2, 0) is 9.53 Å². The third kappa shape index (κ3) is 5.14. The van der Waals surface area contributed by atoms with Gasteiger partial charge in [0.25, 0.3) is 5.22 Å². The van der Waals surface area contributed by atoms with E-state index in [0.717, 1.165) is 10.0 Å². The van der Waals surface area contributed by atoms with E-state index in [1.54, 1.807) is 7.11 Å². The van der Waals surface area contributed by atoms with E-state index in [1.807, 2.05) is 24.3 Å². The van der Waals surface area contributed by atoms with E-state index < -0.39 is 0 Å². The molecule has 0 radical (unpaired) electrons. The van der Waals surface area contributed by atoms with Crippen molar-refractivity contribution in [1.82, 2.24) is 15.5 Å². The number of amides is 1. The molecule has 2 aromatic rings. The number of nitrogens with zero attached hydrogens (tertiary/aromatic N) is 2. The lowest BCUT2D eigenvalue weighted by atomic mass is 10.2. The standard InChI is InChI=1S/C13H14BrN3O3S/c1-19-7-6-15-11(18)8-21-13-17-16-12(20-13)9-2-4-10(14)5-3-9/h2-5H,6-8H2,1H3,(H,15,18). The highest BCUT2D eigenvalue weighted by atomic mass is 79.9. The van der Waals surface area contributed by atoms with Crippen LogP contribution in [0, 0.1) is 0 Å². The van der Waals surface area contributed by atoms with E-state index in [4.69, 9.17) is 9.15 Å². The number of carbonyl (C=O) groups is 1. The Morgan fingerprint density at radius 3 is 2.86 bits per heavy atom. The van der Waals surface area contributed by atoms with Gasteiger partial charge in [0.05, 0.1) is 12.4 Å². The summed E-state index contributed by atoms with van der Waals surface area (Å²) in [6, 6.07) is 7.55. The monoisotopic (exact) mass is 371 g/mol. The first-order chi connectivity index (χ1) is 10.2. The van der Waals surface area contributed by atoms with Crippen LogP contribution in [0.4, 0.5) is 0 Å². The average molecular weight is 372 g/mol. The van der Waals surface area contributed by atoms with Crippen molar-refractivity contribution in [3.63, 3.8) is 0 Å². The van der Waals surface area contributed by atoms with Crippen molar-refractivity contribution in [1.29, 1.82) is 0 Å². The fourth-order valence-corrected chi connectivity index (χ4v) is 2.31. The molecule has 1 N–H and O–H groups in total. The third-order valence-corrected chi connectivity index (χ3v) is 3.80. The lowest BCUT2D eigenvalue weighted by Crippen LogP contribution is -2.28. The van der Waals surface area contributed by atoms with Gasteiger partial charge in [-0.15, -0.1) is 10.2 Å². The molecule has 8 heteroatoms. The Morgan fingerprint density at radius 1 is 1.38 bits per heavy atom. The zero-order valence-electron chi connectivity index (χ0n) is 11.3. The zero-order chi connectivity index (χ0) is 15.1. The Bertz CT molecular complexity index is 589. The maximum atomic E-state index is 11.5. The van der Waals surface area contributed by atoms with Crippen LogP contribution in [0.3, 0.4) is 0 Å². The molecule has 1 aromatic heterocycles. The van der Waals surface area contributed by atoms with Crippen LogP contribution in [0.25, 0.3) is 11.5 Å². The van der Waals surface area contributed by atoms with E-state index in [9.17, 15) is 4.79 Å². The van der Waals surface area contributed by atoms with Gasteiger partial charge in [0.15, 0.2) is 0 Å². The predicted octanol–water partition coefficient (Wildman–Crippen LogP) is 2.35. The van der Waals surface area contributed by atoms with Gasteiger partial charge < -0.3 is 14.5 Å². The van der Waals surface area contributed by atoms with Crippen LogP contribution in [0.1, 0.15) is 0 Å². The first kappa shape index (κ1) is 16.0. The molecule has 6 nitrogen and oxygen atoms in total. The molecule has 0 unspecified atom stereocenters. The summed E-state index contributed by atoms with van der Waals surface area (Å²) in [5.41, 5.74) is 0.835. The molecule has 0 aliphatic carbocycles. The number of benzene rings is 1. The molecule has 2 rings (SSSR count).